The van der Waals surface area contributed by atoms with Crippen molar-refractivity contribution in [2.24, 2.45) is 0 Å². The fraction of sp³-hybridized carbons (Fsp3) is 0.440. The van der Waals surface area contributed by atoms with E-state index in [9.17, 15) is 9.59 Å². The second-order valence-corrected chi connectivity index (χ2v) is 8.63. The van der Waals surface area contributed by atoms with Crippen LogP contribution < -0.4 is 5.32 Å². The van der Waals surface area contributed by atoms with Gasteiger partial charge in [0.1, 0.15) is 6.04 Å². The zero-order valence-electron chi connectivity index (χ0n) is 18.6. The molecule has 0 fully saturated rings. The average molecular weight is 427 g/mol. The predicted octanol–water partition coefficient (Wildman–Crippen LogP) is 4.87. The van der Waals surface area contributed by atoms with Crippen molar-refractivity contribution < 1.29 is 9.59 Å². The smallest absolute Gasteiger partial charge is 0.242 e. The molecule has 0 bridgehead atoms. The number of hydrogen-bond acceptors (Lipinski definition) is 3. The van der Waals surface area contributed by atoms with E-state index in [1.165, 1.54) is 11.1 Å². The summed E-state index contributed by atoms with van der Waals surface area (Å²) in [6.45, 7) is 9.20. The maximum absolute atomic E-state index is 13.2. The van der Waals surface area contributed by atoms with Gasteiger partial charge in [-0.2, -0.15) is 0 Å². The number of carbonyl (C=O) groups excluding carboxylic acids is 2. The largest absolute Gasteiger partial charge is 0.354 e. The van der Waals surface area contributed by atoms with Crippen LogP contribution in [0.15, 0.2) is 48.5 Å². The Kier molecular flexibility index (Phi) is 9.95. The van der Waals surface area contributed by atoms with Gasteiger partial charge in [0, 0.05) is 18.8 Å². The number of amides is 2. The van der Waals surface area contributed by atoms with Crippen LogP contribution in [0.4, 0.5) is 0 Å². The highest BCUT2D eigenvalue weighted by Gasteiger charge is 2.28. The minimum Gasteiger partial charge on any atom is -0.354 e. The second kappa shape index (κ2) is 12.4. The molecule has 30 heavy (non-hydrogen) atoms. The topological polar surface area (TPSA) is 49.4 Å². The molecule has 2 amide bonds. The zero-order chi connectivity index (χ0) is 21.9. The molecule has 0 unspecified atom stereocenters. The lowest BCUT2D eigenvalue weighted by molar-refractivity contribution is -0.139. The van der Waals surface area contributed by atoms with Gasteiger partial charge in [0.05, 0.1) is 5.75 Å². The van der Waals surface area contributed by atoms with Crippen LogP contribution in [0.2, 0.25) is 0 Å². The van der Waals surface area contributed by atoms with Gasteiger partial charge >= 0.3 is 0 Å². The van der Waals surface area contributed by atoms with Gasteiger partial charge in [0.25, 0.3) is 0 Å². The molecule has 0 saturated heterocycles. The minimum atomic E-state index is -0.455. The van der Waals surface area contributed by atoms with Crippen LogP contribution in [-0.4, -0.2) is 35.1 Å². The normalized spacial score (nSPS) is 11.7. The first kappa shape index (κ1) is 24.0. The fourth-order valence-corrected chi connectivity index (χ4v) is 4.38. The van der Waals surface area contributed by atoms with Crippen molar-refractivity contribution in [3.8, 4) is 0 Å². The van der Waals surface area contributed by atoms with Crippen molar-refractivity contribution in [2.75, 3.05) is 12.3 Å². The third-order valence-corrected chi connectivity index (χ3v) is 6.08. The Hall–Kier alpha value is -2.27. The van der Waals surface area contributed by atoms with E-state index < -0.39 is 6.04 Å². The lowest BCUT2D eigenvalue weighted by Crippen LogP contribution is -2.49. The van der Waals surface area contributed by atoms with Crippen molar-refractivity contribution in [2.45, 2.75) is 58.9 Å². The first-order valence-corrected chi connectivity index (χ1v) is 11.9. The number of thioether (sulfide) groups is 1. The molecule has 0 aromatic heterocycles. The van der Waals surface area contributed by atoms with Crippen LogP contribution in [0, 0.1) is 13.8 Å². The quantitative estimate of drug-likeness (QED) is 0.558. The molecule has 162 valence electrons. The SMILES string of the molecule is CCCNC(=O)[C@H](CC)N(Cc1cccc(C)c1)C(=O)CSCc1ccccc1C. The first-order valence-electron chi connectivity index (χ1n) is 10.7. The number of rotatable bonds is 11. The lowest BCUT2D eigenvalue weighted by Gasteiger charge is -2.30. The highest BCUT2D eigenvalue weighted by Crippen LogP contribution is 2.19. The van der Waals surface area contributed by atoms with E-state index in [0.29, 0.717) is 25.3 Å². The lowest BCUT2D eigenvalue weighted by atomic mass is 10.1. The van der Waals surface area contributed by atoms with Crippen LogP contribution in [0.25, 0.3) is 0 Å². The van der Waals surface area contributed by atoms with Crippen molar-refractivity contribution >= 4 is 23.6 Å². The Morgan fingerprint density at radius 2 is 1.83 bits per heavy atom. The van der Waals surface area contributed by atoms with E-state index in [1.807, 2.05) is 51.1 Å². The maximum atomic E-state index is 13.2. The highest BCUT2D eigenvalue weighted by molar-refractivity contribution is 7.99. The van der Waals surface area contributed by atoms with Crippen molar-refractivity contribution in [3.05, 3.63) is 70.8 Å². The summed E-state index contributed by atoms with van der Waals surface area (Å²) in [5.41, 5.74) is 4.68. The van der Waals surface area contributed by atoms with Gasteiger partial charge in [0.15, 0.2) is 0 Å². The summed E-state index contributed by atoms with van der Waals surface area (Å²) in [5, 5.41) is 2.97. The van der Waals surface area contributed by atoms with E-state index >= 15 is 0 Å². The van der Waals surface area contributed by atoms with Crippen LogP contribution in [0.3, 0.4) is 0 Å². The van der Waals surface area contributed by atoms with Gasteiger partial charge in [0.2, 0.25) is 11.8 Å². The summed E-state index contributed by atoms with van der Waals surface area (Å²) in [7, 11) is 0. The van der Waals surface area contributed by atoms with E-state index in [1.54, 1.807) is 16.7 Å². The summed E-state index contributed by atoms with van der Waals surface area (Å²) < 4.78 is 0. The summed E-state index contributed by atoms with van der Waals surface area (Å²) >= 11 is 1.61. The molecule has 1 N–H and O–H groups in total. The average Bonchev–Trinajstić information content (AvgIpc) is 2.73. The molecule has 0 saturated carbocycles. The maximum Gasteiger partial charge on any atom is 0.242 e. The number of benzene rings is 2. The second-order valence-electron chi connectivity index (χ2n) is 7.65. The number of carbonyl (C=O) groups is 2. The highest BCUT2D eigenvalue weighted by atomic mass is 32.2. The molecule has 2 rings (SSSR count). The van der Waals surface area contributed by atoms with Gasteiger partial charge in [-0.3, -0.25) is 9.59 Å². The van der Waals surface area contributed by atoms with Gasteiger partial charge in [-0.25, -0.2) is 0 Å². The van der Waals surface area contributed by atoms with Crippen LogP contribution in [-0.2, 0) is 21.9 Å². The van der Waals surface area contributed by atoms with Crippen LogP contribution in [0.5, 0.6) is 0 Å². The first-order chi connectivity index (χ1) is 14.5. The molecule has 0 spiro atoms. The third-order valence-electron chi connectivity index (χ3n) is 5.11. The number of nitrogens with zero attached hydrogens (tertiary/aromatic N) is 1. The molecule has 0 radical (unpaired) electrons. The molecule has 0 aliphatic heterocycles. The Bertz CT molecular complexity index is 837. The van der Waals surface area contributed by atoms with Crippen molar-refractivity contribution in [1.82, 2.24) is 10.2 Å². The standard InChI is InChI=1S/C25H34N2O2S/c1-5-14-26-25(29)23(6-2)27(16-21-12-9-10-19(3)15-21)24(28)18-30-17-22-13-8-7-11-20(22)4/h7-13,15,23H,5-6,14,16-18H2,1-4H3,(H,26,29)/t23-/m0/s1. The number of hydrogen-bond donors (Lipinski definition) is 1. The van der Waals surface area contributed by atoms with Crippen molar-refractivity contribution in [1.29, 1.82) is 0 Å². The van der Waals surface area contributed by atoms with E-state index in [0.717, 1.165) is 23.3 Å². The van der Waals surface area contributed by atoms with E-state index in [-0.39, 0.29) is 11.8 Å². The summed E-state index contributed by atoms with van der Waals surface area (Å²) in [4.78, 5) is 27.7. The third kappa shape index (κ3) is 7.21. The summed E-state index contributed by atoms with van der Waals surface area (Å²) in [6, 6.07) is 15.9. The van der Waals surface area contributed by atoms with Crippen LogP contribution in [0.1, 0.15) is 48.9 Å². The Balaban J connectivity index is 2.12. The Labute approximate surface area is 185 Å². The molecule has 4 nitrogen and oxygen atoms in total. The van der Waals surface area contributed by atoms with Gasteiger partial charge in [-0.15, -0.1) is 11.8 Å². The monoisotopic (exact) mass is 426 g/mol. The number of nitrogens with one attached hydrogen (secondary N) is 1. The minimum absolute atomic E-state index is 0.00795. The fourth-order valence-electron chi connectivity index (χ4n) is 3.40. The van der Waals surface area contributed by atoms with Gasteiger partial charge in [-0.05, 0) is 43.4 Å². The molecule has 2 aromatic carbocycles. The predicted molar refractivity (Wildman–Crippen MR) is 126 cm³/mol. The molecule has 5 heteroatoms. The molecule has 2 aromatic rings. The molecule has 0 aliphatic carbocycles. The molecule has 1 atom stereocenters. The van der Waals surface area contributed by atoms with Gasteiger partial charge in [-0.1, -0.05) is 67.9 Å². The van der Waals surface area contributed by atoms with E-state index in [2.05, 4.69) is 30.4 Å². The van der Waals surface area contributed by atoms with Crippen LogP contribution >= 0.6 is 11.8 Å². The molecular weight excluding hydrogens is 392 g/mol. The Morgan fingerprint density at radius 1 is 1.07 bits per heavy atom. The summed E-state index contributed by atoms with van der Waals surface area (Å²) in [5.74, 6) is 1.09. The Morgan fingerprint density at radius 3 is 2.50 bits per heavy atom. The summed E-state index contributed by atoms with van der Waals surface area (Å²) in [6.07, 6.45) is 1.47. The zero-order valence-corrected chi connectivity index (χ0v) is 19.4. The van der Waals surface area contributed by atoms with E-state index in [4.69, 9.17) is 0 Å². The van der Waals surface area contributed by atoms with Gasteiger partial charge < -0.3 is 10.2 Å². The van der Waals surface area contributed by atoms with Crippen molar-refractivity contribution in [3.63, 3.8) is 0 Å². The molecular formula is C25H34N2O2S. The number of aryl methyl sites for hydroxylation is 2. The molecule has 0 aliphatic rings. The molecule has 0 heterocycles.